The molecule has 0 spiro atoms. The number of nitrogens with one attached hydrogen (secondary N) is 2. The third-order valence-corrected chi connectivity index (χ3v) is 6.09. The van der Waals surface area contributed by atoms with Crippen molar-refractivity contribution in [3.63, 3.8) is 0 Å². The number of amides is 2. The zero-order valence-corrected chi connectivity index (χ0v) is 16.7. The van der Waals surface area contributed by atoms with E-state index in [4.69, 9.17) is 9.47 Å². The van der Waals surface area contributed by atoms with Crippen molar-refractivity contribution in [3.05, 3.63) is 0 Å². The first-order valence-corrected chi connectivity index (χ1v) is 10.8. The average molecular weight is 398 g/mol. The topological polar surface area (TPSA) is 100 Å². The number of carbonyl (C=O) groups is 2. The van der Waals surface area contributed by atoms with Gasteiger partial charge in [-0.05, 0) is 38.6 Å². The molecule has 8 nitrogen and oxygen atoms in total. The van der Waals surface area contributed by atoms with Gasteiger partial charge in [-0.2, -0.15) is 0 Å². The molecule has 2 aliphatic heterocycles. The normalized spacial score (nSPS) is 29.1. The Balaban J connectivity index is 1.31. The molecule has 8 heteroatoms. The molecule has 28 heavy (non-hydrogen) atoms. The maximum Gasteiger partial charge on any atom is 0.223 e. The quantitative estimate of drug-likeness (QED) is 0.475. The van der Waals surface area contributed by atoms with Crippen molar-refractivity contribution < 1.29 is 24.2 Å². The van der Waals surface area contributed by atoms with Gasteiger partial charge in [-0.25, -0.2) is 0 Å². The number of hydrogen-bond acceptors (Lipinski definition) is 6. The first-order valence-electron chi connectivity index (χ1n) is 10.8. The molecule has 1 aliphatic carbocycles. The molecule has 0 aromatic carbocycles. The fraction of sp³-hybridized carbons (Fsp3) is 0.900. The summed E-state index contributed by atoms with van der Waals surface area (Å²) < 4.78 is 11.2. The largest absolute Gasteiger partial charge is 0.394 e. The van der Waals surface area contributed by atoms with Crippen molar-refractivity contribution in [1.82, 2.24) is 15.5 Å². The highest BCUT2D eigenvalue weighted by Crippen LogP contribution is 2.28. The zero-order chi connectivity index (χ0) is 19.8. The third-order valence-electron chi connectivity index (χ3n) is 6.09. The van der Waals surface area contributed by atoms with Crippen LogP contribution >= 0.6 is 0 Å². The first-order chi connectivity index (χ1) is 13.7. The van der Waals surface area contributed by atoms with Gasteiger partial charge in [0.15, 0.2) is 0 Å². The van der Waals surface area contributed by atoms with E-state index in [1.165, 1.54) is 0 Å². The lowest BCUT2D eigenvalue weighted by atomic mass is 9.84. The second-order valence-corrected chi connectivity index (χ2v) is 8.16. The number of ether oxygens (including phenoxy) is 2. The zero-order valence-electron chi connectivity index (χ0n) is 16.7. The molecule has 2 amide bonds. The minimum atomic E-state index is -0.433. The van der Waals surface area contributed by atoms with Gasteiger partial charge in [0.05, 0.1) is 38.4 Å². The Morgan fingerprint density at radius 3 is 2.57 bits per heavy atom. The lowest BCUT2D eigenvalue weighted by Crippen LogP contribution is -2.53. The molecule has 0 radical (unpaired) electrons. The van der Waals surface area contributed by atoms with E-state index in [0.29, 0.717) is 19.4 Å². The summed E-state index contributed by atoms with van der Waals surface area (Å²) >= 11 is 0. The van der Waals surface area contributed by atoms with E-state index in [9.17, 15) is 14.7 Å². The van der Waals surface area contributed by atoms with Crippen LogP contribution in [0.1, 0.15) is 44.9 Å². The molecule has 0 aromatic heterocycles. The van der Waals surface area contributed by atoms with Gasteiger partial charge in [0, 0.05) is 25.6 Å². The molecular formula is C20H35N3O5. The van der Waals surface area contributed by atoms with Crippen molar-refractivity contribution in [1.29, 1.82) is 0 Å². The minimum Gasteiger partial charge on any atom is -0.394 e. The average Bonchev–Trinajstić information content (AvgIpc) is 2.66. The van der Waals surface area contributed by atoms with Crippen LogP contribution in [0.4, 0.5) is 0 Å². The van der Waals surface area contributed by atoms with Crippen LogP contribution in [0.2, 0.25) is 0 Å². The SMILES string of the molecule is O=C(C[C@@H]1CC[C@@H](NC(=O)C2CCC2)[C@H](CO)O1)NCCCN1CCOCC1. The molecule has 3 fully saturated rings. The van der Waals surface area contributed by atoms with Crippen LogP contribution < -0.4 is 10.6 Å². The second kappa shape index (κ2) is 11.1. The van der Waals surface area contributed by atoms with E-state index in [0.717, 1.165) is 65.0 Å². The van der Waals surface area contributed by atoms with Crippen LogP contribution in [0, 0.1) is 5.92 Å². The summed E-state index contributed by atoms with van der Waals surface area (Å²) in [5.74, 6) is 0.190. The standard InChI is InChI=1S/C20H35N3O5/c24-14-18-17(22-20(26)15-3-1-4-15)6-5-16(28-18)13-19(25)21-7-2-8-23-9-11-27-12-10-23/h15-18,24H,1-14H2,(H,21,25)(H,22,26)/t16-,17+,18-/m0/s1. The van der Waals surface area contributed by atoms with Crippen LogP contribution in [-0.2, 0) is 19.1 Å². The van der Waals surface area contributed by atoms with Crippen molar-refractivity contribution in [2.75, 3.05) is 46.0 Å². The van der Waals surface area contributed by atoms with Gasteiger partial charge in [0.1, 0.15) is 6.10 Å². The monoisotopic (exact) mass is 397 g/mol. The highest BCUT2D eigenvalue weighted by molar-refractivity contribution is 5.79. The number of rotatable bonds is 9. The molecule has 3 atom stereocenters. The van der Waals surface area contributed by atoms with Gasteiger partial charge in [-0.1, -0.05) is 6.42 Å². The predicted molar refractivity (Wildman–Crippen MR) is 104 cm³/mol. The van der Waals surface area contributed by atoms with Crippen molar-refractivity contribution in [2.24, 2.45) is 5.92 Å². The van der Waals surface area contributed by atoms with Gasteiger partial charge in [0.25, 0.3) is 0 Å². The predicted octanol–water partition coefficient (Wildman–Crippen LogP) is 0.0398. The molecule has 3 aliphatic rings. The smallest absolute Gasteiger partial charge is 0.223 e. The number of morpholine rings is 1. The van der Waals surface area contributed by atoms with E-state index in [2.05, 4.69) is 15.5 Å². The Morgan fingerprint density at radius 2 is 1.89 bits per heavy atom. The van der Waals surface area contributed by atoms with Gasteiger partial charge in [-0.15, -0.1) is 0 Å². The molecule has 160 valence electrons. The molecule has 2 heterocycles. The van der Waals surface area contributed by atoms with Crippen molar-refractivity contribution >= 4 is 11.8 Å². The summed E-state index contributed by atoms with van der Waals surface area (Å²) in [5, 5.41) is 15.6. The fourth-order valence-electron chi connectivity index (χ4n) is 4.05. The fourth-order valence-corrected chi connectivity index (χ4v) is 4.05. The van der Waals surface area contributed by atoms with E-state index >= 15 is 0 Å². The highest BCUT2D eigenvalue weighted by Gasteiger charge is 2.35. The number of hydrogen-bond donors (Lipinski definition) is 3. The molecule has 3 N–H and O–H groups in total. The Bertz CT molecular complexity index is 508. The van der Waals surface area contributed by atoms with Gasteiger partial charge in [-0.3, -0.25) is 14.5 Å². The maximum atomic E-state index is 12.2. The van der Waals surface area contributed by atoms with Crippen LogP contribution in [0.3, 0.4) is 0 Å². The Labute approximate surface area is 167 Å². The second-order valence-electron chi connectivity index (χ2n) is 8.16. The van der Waals surface area contributed by atoms with Crippen LogP contribution in [0.5, 0.6) is 0 Å². The summed E-state index contributed by atoms with van der Waals surface area (Å²) in [6, 6.07) is -0.161. The van der Waals surface area contributed by atoms with E-state index < -0.39 is 6.10 Å². The van der Waals surface area contributed by atoms with Crippen LogP contribution in [0.25, 0.3) is 0 Å². The maximum absolute atomic E-state index is 12.2. The van der Waals surface area contributed by atoms with Crippen LogP contribution in [-0.4, -0.2) is 86.1 Å². The lowest BCUT2D eigenvalue weighted by molar-refractivity contribution is -0.138. The summed E-state index contributed by atoms with van der Waals surface area (Å²) in [4.78, 5) is 26.7. The van der Waals surface area contributed by atoms with Gasteiger partial charge in [0.2, 0.25) is 11.8 Å². The molecule has 2 saturated heterocycles. The highest BCUT2D eigenvalue weighted by atomic mass is 16.5. The van der Waals surface area contributed by atoms with E-state index in [1.54, 1.807) is 0 Å². The summed E-state index contributed by atoms with van der Waals surface area (Å²) in [7, 11) is 0. The summed E-state index contributed by atoms with van der Waals surface area (Å²) in [6.07, 6.45) is 5.07. The number of carbonyl (C=O) groups excluding carboxylic acids is 2. The van der Waals surface area contributed by atoms with Gasteiger partial charge >= 0.3 is 0 Å². The Hall–Kier alpha value is -1.22. The van der Waals surface area contributed by atoms with Gasteiger partial charge < -0.3 is 25.2 Å². The molecule has 3 rings (SSSR count). The summed E-state index contributed by atoms with van der Waals surface area (Å²) in [6.45, 7) is 4.99. The summed E-state index contributed by atoms with van der Waals surface area (Å²) in [5.41, 5.74) is 0. The molecular weight excluding hydrogens is 362 g/mol. The minimum absolute atomic E-state index is 0.0133. The molecule has 0 unspecified atom stereocenters. The molecule has 0 bridgehead atoms. The molecule has 1 saturated carbocycles. The van der Waals surface area contributed by atoms with Crippen molar-refractivity contribution in [3.8, 4) is 0 Å². The van der Waals surface area contributed by atoms with E-state index in [1.807, 2.05) is 0 Å². The molecule has 0 aromatic rings. The Morgan fingerprint density at radius 1 is 1.11 bits per heavy atom. The van der Waals surface area contributed by atoms with Crippen molar-refractivity contribution in [2.45, 2.75) is 63.2 Å². The number of aliphatic hydroxyl groups excluding tert-OH is 1. The van der Waals surface area contributed by atoms with E-state index in [-0.39, 0.29) is 36.5 Å². The Kier molecular flexibility index (Phi) is 8.51. The lowest BCUT2D eigenvalue weighted by Gasteiger charge is -2.37. The first kappa shape index (κ1) is 21.5. The number of aliphatic hydroxyl groups is 1. The van der Waals surface area contributed by atoms with Crippen LogP contribution in [0.15, 0.2) is 0 Å². The third kappa shape index (κ3) is 6.40. The number of nitrogens with zero attached hydrogens (tertiary/aromatic N) is 1.